The summed E-state index contributed by atoms with van der Waals surface area (Å²) < 4.78 is 1.85. The highest BCUT2D eigenvalue weighted by Crippen LogP contribution is 2.26. The average molecular weight is 215 g/mol. The predicted octanol–water partition coefficient (Wildman–Crippen LogP) is 2.54. The topological polar surface area (TPSA) is 43.8 Å². The molecule has 1 aromatic carbocycles. The van der Waals surface area contributed by atoms with Crippen LogP contribution in [0.25, 0.3) is 11.1 Å². The standard InChI is InChI=1S/C13H17N3/c1-4-13-11(8-16(3)15-13)10-6-5-9(2)12(14)7-10/h5-8H,4,14H2,1-3H3. The lowest BCUT2D eigenvalue weighted by atomic mass is 10.0. The van der Waals surface area contributed by atoms with E-state index in [0.29, 0.717) is 0 Å². The van der Waals surface area contributed by atoms with Gasteiger partial charge in [0.05, 0.1) is 5.69 Å². The first kappa shape index (κ1) is 10.7. The zero-order chi connectivity index (χ0) is 11.7. The Labute approximate surface area is 95.9 Å². The molecule has 0 radical (unpaired) electrons. The lowest BCUT2D eigenvalue weighted by Gasteiger charge is -2.04. The van der Waals surface area contributed by atoms with Gasteiger partial charge in [-0.1, -0.05) is 19.1 Å². The minimum Gasteiger partial charge on any atom is -0.398 e. The summed E-state index contributed by atoms with van der Waals surface area (Å²) in [7, 11) is 1.94. The highest BCUT2D eigenvalue weighted by molar-refractivity contribution is 5.70. The van der Waals surface area contributed by atoms with Gasteiger partial charge >= 0.3 is 0 Å². The number of anilines is 1. The second kappa shape index (κ2) is 4.00. The van der Waals surface area contributed by atoms with Crippen LogP contribution in [0.3, 0.4) is 0 Å². The molecule has 0 bridgehead atoms. The largest absolute Gasteiger partial charge is 0.398 e. The molecular weight excluding hydrogens is 198 g/mol. The van der Waals surface area contributed by atoms with E-state index in [1.807, 2.05) is 30.9 Å². The summed E-state index contributed by atoms with van der Waals surface area (Å²) >= 11 is 0. The summed E-state index contributed by atoms with van der Waals surface area (Å²) in [6.07, 6.45) is 2.98. The Hall–Kier alpha value is -1.77. The van der Waals surface area contributed by atoms with E-state index in [0.717, 1.165) is 28.9 Å². The number of aromatic nitrogens is 2. The van der Waals surface area contributed by atoms with Crippen LogP contribution in [-0.2, 0) is 13.5 Å². The highest BCUT2D eigenvalue weighted by atomic mass is 15.2. The number of nitrogens with two attached hydrogens (primary N) is 1. The minimum absolute atomic E-state index is 0.836. The molecule has 16 heavy (non-hydrogen) atoms. The number of nitrogens with zero attached hydrogens (tertiary/aromatic N) is 2. The molecule has 0 fully saturated rings. The molecular formula is C13H17N3. The van der Waals surface area contributed by atoms with Crippen molar-refractivity contribution in [2.45, 2.75) is 20.3 Å². The van der Waals surface area contributed by atoms with E-state index in [9.17, 15) is 0 Å². The van der Waals surface area contributed by atoms with Crippen molar-refractivity contribution in [2.24, 2.45) is 7.05 Å². The van der Waals surface area contributed by atoms with Crippen molar-refractivity contribution in [2.75, 3.05) is 5.73 Å². The molecule has 0 amide bonds. The average Bonchev–Trinajstić information content (AvgIpc) is 2.63. The molecule has 0 aliphatic rings. The summed E-state index contributed by atoms with van der Waals surface area (Å²) in [5, 5.41) is 4.43. The SMILES string of the molecule is CCc1nn(C)cc1-c1ccc(C)c(N)c1. The molecule has 1 aromatic heterocycles. The quantitative estimate of drug-likeness (QED) is 0.782. The van der Waals surface area contributed by atoms with Crippen molar-refractivity contribution < 1.29 is 0 Å². The van der Waals surface area contributed by atoms with Crippen LogP contribution in [0.15, 0.2) is 24.4 Å². The van der Waals surface area contributed by atoms with E-state index in [4.69, 9.17) is 5.73 Å². The van der Waals surface area contributed by atoms with Crippen LogP contribution in [0.1, 0.15) is 18.2 Å². The molecule has 1 heterocycles. The fourth-order valence-corrected chi connectivity index (χ4v) is 1.84. The molecule has 0 saturated heterocycles. The number of benzene rings is 1. The molecule has 2 aromatic rings. The van der Waals surface area contributed by atoms with Crippen molar-refractivity contribution in [3.63, 3.8) is 0 Å². The highest BCUT2D eigenvalue weighted by Gasteiger charge is 2.08. The molecule has 84 valence electrons. The molecule has 0 saturated carbocycles. The molecule has 0 aliphatic carbocycles. The molecule has 3 nitrogen and oxygen atoms in total. The fraction of sp³-hybridized carbons (Fsp3) is 0.308. The van der Waals surface area contributed by atoms with Crippen molar-refractivity contribution in [3.8, 4) is 11.1 Å². The van der Waals surface area contributed by atoms with E-state index < -0.39 is 0 Å². The van der Waals surface area contributed by atoms with Gasteiger partial charge in [0.15, 0.2) is 0 Å². The molecule has 2 N–H and O–H groups in total. The van der Waals surface area contributed by atoms with Gasteiger partial charge < -0.3 is 5.73 Å². The number of rotatable bonds is 2. The van der Waals surface area contributed by atoms with Gasteiger partial charge in [0.25, 0.3) is 0 Å². The van der Waals surface area contributed by atoms with Crippen LogP contribution in [0.2, 0.25) is 0 Å². The van der Waals surface area contributed by atoms with E-state index in [-0.39, 0.29) is 0 Å². The Morgan fingerprint density at radius 2 is 2.12 bits per heavy atom. The lowest BCUT2D eigenvalue weighted by molar-refractivity contribution is 0.746. The van der Waals surface area contributed by atoms with E-state index in [1.165, 1.54) is 5.56 Å². The van der Waals surface area contributed by atoms with Gasteiger partial charge in [-0.3, -0.25) is 4.68 Å². The van der Waals surface area contributed by atoms with Crippen LogP contribution in [0, 0.1) is 6.92 Å². The lowest BCUT2D eigenvalue weighted by Crippen LogP contribution is -1.91. The smallest absolute Gasteiger partial charge is 0.0700 e. The van der Waals surface area contributed by atoms with Gasteiger partial charge in [0.2, 0.25) is 0 Å². The second-order valence-electron chi connectivity index (χ2n) is 4.09. The van der Waals surface area contributed by atoms with Crippen LogP contribution in [0.5, 0.6) is 0 Å². The Morgan fingerprint density at radius 3 is 2.75 bits per heavy atom. The maximum Gasteiger partial charge on any atom is 0.0700 e. The number of nitrogen functional groups attached to an aromatic ring is 1. The monoisotopic (exact) mass is 215 g/mol. The first-order valence-corrected chi connectivity index (χ1v) is 5.51. The molecule has 2 rings (SSSR count). The first-order valence-electron chi connectivity index (χ1n) is 5.51. The Morgan fingerprint density at radius 1 is 1.38 bits per heavy atom. The van der Waals surface area contributed by atoms with Crippen molar-refractivity contribution >= 4 is 5.69 Å². The molecule has 0 unspecified atom stereocenters. The van der Waals surface area contributed by atoms with Gasteiger partial charge in [0.1, 0.15) is 0 Å². The summed E-state index contributed by atoms with van der Waals surface area (Å²) in [5.74, 6) is 0. The third-order valence-electron chi connectivity index (χ3n) is 2.83. The summed E-state index contributed by atoms with van der Waals surface area (Å²) in [6.45, 7) is 4.13. The third-order valence-corrected chi connectivity index (χ3v) is 2.83. The van der Waals surface area contributed by atoms with Crippen LogP contribution < -0.4 is 5.73 Å². The van der Waals surface area contributed by atoms with E-state index in [2.05, 4.69) is 24.2 Å². The number of aryl methyl sites for hydroxylation is 3. The first-order chi connectivity index (χ1) is 7.61. The van der Waals surface area contributed by atoms with Crippen molar-refractivity contribution in [1.82, 2.24) is 9.78 Å². The normalized spacial score (nSPS) is 10.7. The fourth-order valence-electron chi connectivity index (χ4n) is 1.84. The van der Waals surface area contributed by atoms with E-state index in [1.54, 1.807) is 0 Å². The van der Waals surface area contributed by atoms with Crippen LogP contribution >= 0.6 is 0 Å². The second-order valence-corrected chi connectivity index (χ2v) is 4.09. The predicted molar refractivity (Wildman–Crippen MR) is 67.2 cm³/mol. The number of hydrogen-bond donors (Lipinski definition) is 1. The van der Waals surface area contributed by atoms with Gasteiger partial charge in [-0.05, 0) is 30.5 Å². The molecule has 0 atom stereocenters. The summed E-state index contributed by atoms with van der Waals surface area (Å²) in [6, 6.07) is 6.17. The Bertz CT molecular complexity index is 512. The molecule has 0 spiro atoms. The molecule has 3 heteroatoms. The van der Waals surface area contributed by atoms with Gasteiger partial charge in [0, 0.05) is 24.5 Å². The zero-order valence-corrected chi connectivity index (χ0v) is 9.99. The van der Waals surface area contributed by atoms with Crippen molar-refractivity contribution in [3.05, 3.63) is 35.7 Å². The summed E-state index contributed by atoms with van der Waals surface area (Å²) in [4.78, 5) is 0. The van der Waals surface area contributed by atoms with Crippen LogP contribution in [-0.4, -0.2) is 9.78 Å². The van der Waals surface area contributed by atoms with Gasteiger partial charge in [-0.2, -0.15) is 5.10 Å². The Kier molecular flexibility index (Phi) is 2.69. The minimum atomic E-state index is 0.836. The van der Waals surface area contributed by atoms with E-state index >= 15 is 0 Å². The van der Waals surface area contributed by atoms with Gasteiger partial charge in [-0.25, -0.2) is 0 Å². The maximum atomic E-state index is 5.93. The Balaban J connectivity index is 2.53. The summed E-state index contributed by atoms with van der Waals surface area (Å²) in [5.41, 5.74) is 11.3. The third kappa shape index (κ3) is 1.81. The zero-order valence-electron chi connectivity index (χ0n) is 9.99. The van der Waals surface area contributed by atoms with Gasteiger partial charge in [-0.15, -0.1) is 0 Å². The van der Waals surface area contributed by atoms with Crippen molar-refractivity contribution in [1.29, 1.82) is 0 Å². The maximum absolute atomic E-state index is 5.93. The number of hydrogen-bond acceptors (Lipinski definition) is 2. The van der Waals surface area contributed by atoms with Crippen LogP contribution in [0.4, 0.5) is 5.69 Å². The molecule has 0 aliphatic heterocycles.